The lowest BCUT2D eigenvalue weighted by Gasteiger charge is -2.33. The number of hydrogen-bond acceptors (Lipinski definition) is 6. The van der Waals surface area contributed by atoms with E-state index >= 15 is 0 Å². The van der Waals surface area contributed by atoms with Gasteiger partial charge in [-0.2, -0.15) is 4.98 Å². The number of nitrogens with zero attached hydrogens (tertiary/aromatic N) is 4. The van der Waals surface area contributed by atoms with Crippen LogP contribution in [0.2, 0.25) is 0 Å². The van der Waals surface area contributed by atoms with Crippen LogP contribution in [-0.4, -0.2) is 58.6 Å². The van der Waals surface area contributed by atoms with Gasteiger partial charge < -0.3 is 9.84 Å². The minimum Gasteiger partial charge on any atom is -0.338 e. The molecule has 7 nitrogen and oxygen atoms in total. The number of halogens is 1. The van der Waals surface area contributed by atoms with Crippen molar-refractivity contribution in [3.05, 3.63) is 40.5 Å². The fourth-order valence-electron chi connectivity index (χ4n) is 2.64. The van der Waals surface area contributed by atoms with E-state index < -0.39 is 0 Å². The number of piperazine rings is 1. The van der Waals surface area contributed by atoms with Crippen molar-refractivity contribution in [1.82, 2.24) is 19.9 Å². The lowest BCUT2D eigenvalue weighted by molar-refractivity contribution is -0.117. The molecule has 1 aliphatic rings. The quantitative estimate of drug-likeness (QED) is 0.835. The van der Waals surface area contributed by atoms with E-state index in [1.165, 1.54) is 0 Å². The average Bonchev–Trinajstić information content (AvgIpc) is 2.96. The molecule has 0 radical (unpaired) electrons. The van der Waals surface area contributed by atoms with Crippen LogP contribution in [0.5, 0.6) is 0 Å². The highest BCUT2D eigenvalue weighted by Crippen LogP contribution is 2.14. The molecular weight excluding hydrogens is 374 g/mol. The Morgan fingerprint density at radius 3 is 2.50 bits per heavy atom. The number of amides is 1. The lowest BCUT2D eigenvalue weighted by atomic mass is 10.3. The predicted molar refractivity (Wildman–Crippen MR) is 93.5 cm³/mol. The fourth-order valence-corrected chi connectivity index (χ4v) is 2.90. The van der Waals surface area contributed by atoms with Crippen LogP contribution in [0.1, 0.15) is 11.7 Å². The number of benzene rings is 1. The van der Waals surface area contributed by atoms with Crippen LogP contribution in [0.3, 0.4) is 0 Å². The van der Waals surface area contributed by atoms with Crippen LogP contribution < -0.4 is 5.32 Å². The third kappa shape index (κ3) is 4.86. The molecule has 3 rings (SSSR count). The van der Waals surface area contributed by atoms with Crippen molar-refractivity contribution in [2.24, 2.45) is 0 Å². The molecule has 128 valence electrons. The number of carbonyl (C=O) groups excluding carboxylic acids is 1. The zero-order valence-electron chi connectivity index (χ0n) is 13.5. The zero-order valence-corrected chi connectivity index (χ0v) is 15.1. The Balaban J connectivity index is 1.41. The highest BCUT2D eigenvalue weighted by molar-refractivity contribution is 9.10. The molecule has 1 amide bonds. The van der Waals surface area contributed by atoms with Gasteiger partial charge >= 0.3 is 0 Å². The Labute approximate surface area is 149 Å². The molecule has 2 aromatic rings. The van der Waals surface area contributed by atoms with E-state index in [-0.39, 0.29) is 5.91 Å². The van der Waals surface area contributed by atoms with Gasteiger partial charge in [-0.1, -0.05) is 21.1 Å². The second-order valence-corrected chi connectivity index (χ2v) is 6.76. The van der Waals surface area contributed by atoms with Gasteiger partial charge in [-0.05, 0) is 31.2 Å². The maximum absolute atomic E-state index is 12.1. The van der Waals surface area contributed by atoms with Crippen LogP contribution in [0, 0.1) is 6.92 Å². The average molecular weight is 394 g/mol. The van der Waals surface area contributed by atoms with Gasteiger partial charge in [0.15, 0.2) is 5.82 Å². The largest absolute Gasteiger partial charge is 0.338 e. The highest BCUT2D eigenvalue weighted by atomic mass is 79.9. The van der Waals surface area contributed by atoms with Gasteiger partial charge in [-0.15, -0.1) is 0 Å². The van der Waals surface area contributed by atoms with E-state index in [2.05, 4.69) is 41.2 Å². The number of hydrogen-bond donors (Lipinski definition) is 1. The Hall–Kier alpha value is -1.77. The van der Waals surface area contributed by atoms with E-state index in [4.69, 9.17) is 4.52 Å². The van der Waals surface area contributed by atoms with Gasteiger partial charge in [0, 0.05) is 36.3 Å². The molecule has 0 spiro atoms. The SMILES string of the molecule is Cc1noc(CN2CCN(CC(=O)Nc3ccc(Br)cc3)CC2)n1. The molecule has 1 N–H and O–H groups in total. The third-order valence-electron chi connectivity index (χ3n) is 3.89. The predicted octanol–water partition coefficient (Wildman–Crippen LogP) is 1.90. The summed E-state index contributed by atoms with van der Waals surface area (Å²) in [6.45, 7) is 6.35. The first-order valence-corrected chi connectivity index (χ1v) is 8.67. The summed E-state index contributed by atoms with van der Waals surface area (Å²) in [5.41, 5.74) is 0.814. The first-order chi connectivity index (χ1) is 11.6. The summed E-state index contributed by atoms with van der Waals surface area (Å²) in [5.74, 6) is 1.32. The maximum Gasteiger partial charge on any atom is 0.240 e. The number of aryl methyl sites for hydroxylation is 1. The highest BCUT2D eigenvalue weighted by Gasteiger charge is 2.20. The van der Waals surface area contributed by atoms with Crippen molar-refractivity contribution in [2.45, 2.75) is 13.5 Å². The van der Waals surface area contributed by atoms with Gasteiger partial charge in [0.05, 0.1) is 13.1 Å². The van der Waals surface area contributed by atoms with Crippen molar-refractivity contribution >= 4 is 27.5 Å². The van der Waals surface area contributed by atoms with Crippen molar-refractivity contribution in [2.75, 3.05) is 38.0 Å². The molecule has 2 heterocycles. The molecule has 0 saturated carbocycles. The maximum atomic E-state index is 12.1. The van der Waals surface area contributed by atoms with Crippen molar-refractivity contribution in [3.8, 4) is 0 Å². The molecule has 1 aromatic heterocycles. The number of rotatable bonds is 5. The van der Waals surface area contributed by atoms with Crippen LogP contribution in [0.4, 0.5) is 5.69 Å². The minimum absolute atomic E-state index is 0.0123. The number of anilines is 1. The zero-order chi connectivity index (χ0) is 16.9. The smallest absolute Gasteiger partial charge is 0.240 e. The first kappa shape index (κ1) is 17.1. The van der Waals surface area contributed by atoms with E-state index in [1.807, 2.05) is 31.2 Å². The van der Waals surface area contributed by atoms with Crippen molar-refractivity contribution in [3.63, 3.8) is 0 Å². The van der Waals surface area contributed by atoms with Crippen LogP contribution in [0.15, 0.2) is 33.3 Å². The minimum atomic E-state index is 0.0123. The van der Waals surface area contributed by atoms with Gasteiger partial charge in [-0.3, -0.25) is 14.6 Å². The molecule has 8 heteroatoms. The van der Waals surface area contributed by atoms with Crippen molar-refractivity contribution in [1.29, 1.82) is 0 Å². The van der Waals surface area contributed by atoms with Crippen LogP contribution in [0.25, 0.3) is 0 Å². The Morgan fingerprint density at radius 1 is 1.21 bits per heavy atom. The summed E-state index contributed by atoms with van der Waals surface area (Å²) < 4.78 is 6.14. The standard InChI is InChI=1S/C16H20BrN5O2/c1-12-18-16(24-20-12)11-22-8-6-21(7-9-22)10-15(23)19-14-4-2-13(17)3-5-14/h2-5H,6-11H2,1H3,(H,19,23). The first-order valence-electron chi connectivity index (χ1n) is 7.88. The molecule has 0 bridgehead atoms. The van der Waals surface area contributed by atoms with E-state index in [0.29, 0.717) is 24.8 Å². The molecular formula is C16H20BrN5O2. The van der Waals surface area contributed by atoms with E-state index in [0.717, 1.165) is 36.3 Å². The molecule has 0 atom stereocenters. The Kier molecular flexibility index (Phi) is 5.60. The fraction of sp³-hybridized carbons (Fsp3) is 0.438. The van der Waals surface area contributed by atoms with E-state index in [9.17, 15) is 4.79 Å². The van der Waals surface area contributed by atoms with Crippen molar-refractivity contribution < 1.29 is 9.32 Å². The summed E-state index contributed by atoms with van der Waals surface area (Å²) in [6.07, 6.45) is 0. The van der Waals surface area contributed by atoms with Gasteiger partial charge in [0.1, 0.15) is 0 Å². The summed E-state index contributed by atoms with van der Waals surface area (Å²) in [7, 11) is 0. The number of aromatic nitrogens is 2. The summed E-state index contributed by atoms with van der Waals surface area (Å²) in [5, 5.41) is 6.72. The number of nitrogens with one attached hydrogen (secondary N) is 1. The van der Waals surface area contributed by atoms with Gasteiger partial charge in [0.2, 0.25) is 11.8 Å². The molecule has 1 fully saturated rings. The van der Waals surface area contributed by atoms with E-state index in [1.54, 1.807) is 0 Å². The topological polar surface area (TPSA) is 74.5 Å². The number of carbonyl (C=O) groups is 1. The Morgan fingerprint density at radius 2 is 1.88 bits per heavy atom. The molecule has 0 aliphatic carbocycles. The molecule has 1 saturated heterocycles. The summed E-state index contributed by atoms with van der Waals surface area (Å²) in [4.78, 5) is 20.8. The monoisotopic (exact) mass is 393 g/mol. The molecule has 24 heavy (non-hydrogen) atoms. The molecule has 1 aliphatic heterocycles. The van der Waals surface area contributed by atoms with Crippen LogP contribution in [-0.2, 0) is 11.3 Å². The van der Waals surface area contributed by atoms with Crippen LogP contribution >= 0.6 is 15.9 Å². The molecule has 1 aromatic carbocycles. The third-order valence-corrected chi connectivity index (χ3v) is 4.42. The van der Waals surface area contributed by atoms with Gasteiger partial charge in [0.25, 0.3) is 0 Å². The lowest BCUT2D eigenvalue weighted by Crippen LogP contribution is -2.48. The molecule has 0 unspecified atom stereocenters. The summed E-state index contributed by atoms with van der Waals surface area (Å²) >= 11 is 3.38. The Bertz CT molecular complexity index is 680. The van der Waals surface area contributed by atoms with Gasteiger partial charge in [-0.25, -0.2) is 0 Å². The normalized spacial score (nSPS) is 16.2. The summed E-state index contributed by atoms with van der Waals surface area (Å²) in [6, 6.07) is 7.58. The second kappa shape index (κ2) is 7.87. The second-order valence-electron chi connectivity index (χ2n) is 5.84.